The van der Waals surface area contributed by atoms with Crippen molar-refractivity contribution < 1.29 is 4.79 Å². The minimum absolute atomic E-state index is 0.0929. The third kappa shape index (κ3) is 4.43. The van der Waals surface area contributed by atoms with Gasteiger partial charge in [-0.1, -0.05) is 43.3 Å². The van der Waals surface area contributed by atoms with Crippen molar-refractivity contribution in [2.45, 2.75) is 38.3 Å². The number of aromatic nitrogens is 2. The fourth-order valence-electron chi connectivity index (χ4n) is 4.13. The lowest BCUT2D eigenvalue weighted by Crippen LogP contribution is -2.23. The lowest BCUT2D eigenvalue weighted by atomic mass is 9.89. The van der Waals surface area contributed by atoms with Crippen molar-refractivity contribution in [3.63, 3.8) is 0 Å². The molecule has 1 aliphatic carbocycles. The number of hydrogen-bond acceptors (Lipinski definition) is 7. The second kappa shape index (κ2) is 9.56. The van der Waals surface area contributed by atoms with E-state index < -0.39 is 0 Å². The van der Waals surface area contributed by atoms with Gasteiger partial charge in [0, 0.05) is 11.8 Å². The smallest absolute Gasteiger partial charge is 0.267 e. The van der Waals surface area contributed by atoms with Crippen LogP contribution >= 0.6 is 23.1 Å². The molecule has 0 saturated carbocycles. The molecule has 5 rings (SSSR count). The maximum Gasteiger partial charge on any atom is 0.267 e. The molecule has 0 unspecified atom stereocenters. The summed E-state index contributed by atoms with van der Waals surface area (Å²) in [6, 6.07) is 18.9. The Morgan fingerprint density at radius 2 is 1.85 bits per heavy atom. The van der Waals surface area contributed by atoms with Gasteiger partial charge in [-0.25, -0.2) is 4.98 Å². The van der Waals surface area contributed by atoms with Crippen LogP contribution in [-0.4, -0.2) is 20.4 Å². The number of hydrogen-bond donors (Lipinski definition) is 1. The Balaban J connectivity index is 1.64. The summed E-state index contributed by atoms with van der Waals surface area (Å²) in [6.07, 6.45) is 2.95. The lowest BCUT2D eigenvalue weighted by molar-refractivity contribution is -0.110. The first kappa shape index (κ1) is 22.6. The highest BCUT2D eigenvalue weighted by Gasteiger charge is 2.26. The van der Waals surface area contributed by atoms with Crippen LogP contribution in [0.2, 0.25) is 0 Å². The van der Waals surface area contributed by atoms with Crippen LogP contribution < -0.4 is 11.0 Å². The predicted octanol–water partition coefficient (Wildman–Crippen LogP) is 5.68. The molecular weight excluding hydrogens is 464 g/mol. The minimum atomic E-state index is -0.207. The normalized spacial score (nSPS) is 15.8. The number of nitrogens with zero attached hydrogens (tertiary/aromatic N) is 3. The Morgan fingerprint density at radius 3 is 2.56 bits per heavy atom. The number of anilines is 1. The van der Waals surface area contributed by atoms with Gasteiger partial charge in [0.2, 0.25) is 0 Å². The van der Waals surface area contributed by atoms with E-state index in [-0.39, 0.29) is 16.4 Å². The van der Waals surface area contributed by atoms with Crippen molar-refractivity contribution >= 4 is 49.8 Å². The fourth-order valence-corrected chi connectivity index (χ4v) is 6.39. The van der Waals surface area contributed by atoms with E-state index in [1.807, 2.05) is 60.7 Å². The third-order valence-electron chi connectivity index (χ3n) is 5.86. The Labute approximate surface area is 205 Å². The highest BCUT2D eigenvalue weighted by Crippen LogP contribution is 2.37. The van der Waals surface area contributed by atoms with Gasteiger partial charge in [-0.2, -0.15) is 5.10 Å². The summed E-state index contributed by atoms with van der Waals surface area (Å²) >= 11 is 2.71. The molecule has 0 fully saturated rings. The molecule has 2 heterocycles. The zero-order chi connectivity index (χ0) is 23.7. The Hall–Kier alpha value is -3.23. The largest absolute Gasteiger partial charge is 0.292 e. The SMILES string of the molecule is CC(=O)/C(=N/Nc1ccccc1)Sc1nc2sc3c(c2c(=O)n1-c1ccccc1)CC[C@@H](C)C3. The van der Waals surface area contributed by atoms with Gasteiger partial charge in [0.15, 0.2) is 16.0 Å². The van der Waals surface area contributed by atoms with Crippen LogP contribution in [0.3, 0.4) is 0 Å². The van der Waals surface area contributed by atoms with Gasteiger partial charge in [-0.3, -0.25) is 19.6 Å². The standard InChI is InChI=1S/C26H24N4O2S2/c1-16-13-14-20-21(15-16)33-24-22(20)25(32)30(19-11-7-4-8-12-19)26(27-24)34-23(17(2)31)29-28-18-9-5-3-6-10-18/h3-12,16,28H,13-15H2,1-2H3/b29-23-/t16-/m1/s1. The van der Waals surface area contributed by atoms with Crippen LogP contribution in [0.1, 0.15) is 30.7 Å². The zero-order valence-electron chi connectivity index (χ0n) is 18.9. The molecule has 0 amide bonds. The summed E-state index contributed by atoms with van der Waals surface area (Å²) in [5.41, 5.74) is 5.47. The molecule has 0 spiro atoms. The van der Waals surface area contributed by atoms with Crippen LogP contribution in [0.5, 0.6) is 0 Å². The molecule has 0 saturated heterocycles. The summed E-state index contributed by atoms with van der Waals surface area (Å²) in [6.45, 7) is 3.72. The van der Waals surface area contributed by atoms with Gasteiger partial charge < -0.3 is 0 Å². The van der Waals surface area contributed by atoms with Crippen LogP contribution in [-0.2, 0) is 17.6 Å². The number of Topliss-reactive ketones (excluding diaryl/α,β-unsaturated/α-hetero) is 1. The topological polar surface area (TPSA) is 76.3 Å². The van der Waals surface area contributed by atoms with Crippen molar-refractivity contribution in [2.24, 2.45) is 11.0 Å². The minimum Gasteiger partial charge on any atom is -0.292 e. The molecule has 4 aromatic rings. The molecule has 0 aliphatic heterocycles. The number of thiophene rings is 1. The van der Waals surface area contributed by atoms with Crippen LogP contribution in [0.25, 0.3) is 15.9 Å². The molecule has 8 heteroatoms. The maximum atomic E-state index is 13.9. The van der Waals surface area contributed by atoms with Crippen LogP contribution in [0, 0.1) is 5.92 Å². The number of thioether (sulfide) groups is 1. The molecule has 1 aliphatic rings. The number of rotatable bonds is 5. The number of aryl methyl sites for hydroxylation is 1. The van der Waals surface area contributed by atoms with Gasteiger partial charge in [0.1, 0.15) is 4.83 Å². The number of fused-ring (bicyclic) bond motifs is 3. The molecule has 2 aromatic heterocycles. The van der Waals surface area contributed by atoms with Crippen molar-refractivity contribution in [2.75, 3.05) is 5.43 Å². The molecule has 6 nitrogen and oxygen atoms in total. The van der Waals surface area contributed by atoms with Crippen LogP contribution in [0.4, 0.5) is 5.69 Å². The van der Waals surface area contributed by atoms with E-state index in [2.05, 4.69) is 17.5 Å². The zero-order valence-corrected chi connectivity index (χ0v) is 20.6. The second-order valence-electron chi connectivity index (χ2n) is 8.46. The number of nitrogens with one attached hydrogen (secondary N) is 1. The van der Waals surface area contributed by atoms with Crippen molar-refractivity contribution in [3.8, 4) is 5.69 Å². The van der Waals surface area contributed by atoms with Crippen molar-refractivity contribution in [1.82, 2.24) is 9.55 Å². The predicted molar refractivity (Wildman–Crippen MR) is 140 cm³/mol. The second-order valence-corrected chi connectivity index (χ2v) is 10.5. The summed E-state index contributed by atoms with van der Waals surface area (Å²) in [5, 5.41) is 5.71. The van der Waals surface area contributed by atoms with E-state index in [1.54, 1.807) is 15.9 Å². The molecule has 1 N–H and O–H groups in total. The molecule has 0 bridgehead atoms. The summed E-state index contributed by atoms with van der Waals surface area (Å²) in [7, 11) is 0. The first-order valence-corrected chi connectivity index (χ1v) is 12.8. The number of ketones is 1. The van der Waals surface area contributed by atoms with E-state index in [4.69, 9.17) is 4.98 Å². The molecule has 172 valence electrons. The van der Waals surface area contributed by atoms with Gasteiger partial charge in [-0.05, 0) is 66.8 Å². The number of para-hydroxylation sites is 2. The van der Waals surface area contributed by atoms with E-state index in [9.17, 15) is 9.59 Å². The van der Waals surface area contributed by atoms with E-state index in [1.165, 1.54) is 11.8 Å². The van der Waals surface area contributed by atoms with Crippen molar-refractivity contribution in [3.05, 3.63) is 81.5 Å². The average Bonchev–Trinajstić information content (AvgIpc) is 3.20. The number of benzene rings is 2. The first-order chi connectivity index (χ1) is 16.5. The first-order valence-electron chi connectivity index (χ1n) is 11.2. The average molecular weight is 489 g/mol. The van der Waals surface area contributed by atoms with Gasteiger partial charge in [-0.15, -0.1) is 11.3 Å². The maximum absolute atomic E-state index is 13.9. The molecule has 34 heavy (non-hydrogen) atoms. The van der Waals surface area contributed by atoms with Crippen LogP contribution in [0.15, 0.2) is 75.7 Å². The molecule has 0 radical (unpaired) electrons. The number of carbonyl (C=O) groups excluding carboxylic acids is 1. The quantitative estimate of drug-likeness (QED) is 0.129. The van der Waals surface area contributed by atoms with E-state index in [0.717, 1.165) is 47.1 Å². The van der Waals surface area contributed by atoms with Crippen molar-refractivity contribution in [1.29, 1.82) is 0 Å². The lowest BCUT2D eigenvalue weighted by Gasteiger charge is -2.17. The third-order valence-corrected chi connectivity index (χ3v) is 8.04. The summed E-state index contributed by atoms with van der Waals surface area (Å²) < 4.78 is 1.61. The fraction of sp³-hybridized carbons (Fsp3) is 0.231. The highest BCUT2D eigenvalue weighted by molar-refractivity contribution is 8.15. The van der Waals surface area contributed by atoms with Gasteiger partial charge in [0.25, 0.3) is 5.56 Å². The molecule has 2 aromatic carbocycles. The Kier molecular flexibility index (Phi) is 6.34. The highest BCUT2D eigenvalue weighted by atomic mass is 32.2. The monoisotopic (exact) mass is 488 g/mol. The number of hydrazone groups is 1. The van der Waals surface area contributed by atoms with E-state index >= 15 is 0 Å². The molecule has 1 atom stereocenters. The summed E-state index contributed by atoms with van der Waals surface area (Å²) in [4.78, 5) is 33.2. The van der Waals surface area contributed by atoms with E-state index in [0.29, 0.717) is 22.1 Å². The Bertz CT molecular complexity index is 1440. The van der Waals surface area contributed by atoms with Gasteiger partial charge in [0.05, 0.1) is 16.8 Å². The summed E-state index contributed by atoms with van der Waals surface area (Å²) in [5.74, 6) is 0.396. The van der Waals surface area contributed by atoms with Gasteiger partial charge >= 0.3 is 0 Å². The number of carbonyl (C=O) groups is 1. The molecular formula is C26H24N4O2S2. The Morgan fingerprint density at radius 1 is 1.15 bits per heavy atom.